The third kappa shape index (κ3) is 4.13. The molecular formula is C18H25N7O. The van der Waals surface area contributed by atoms with Gasteiger partial charge in [-0.25, -0.2) is 15.0 Å². The number of rotatable bonds is 5. The second-order valence-corrected chi connectivity index (χ2v) is 6.81. The average Bonchev–Trinajstić information content (AvgIpc) is 3.02. The van der Waals surface area contributed by atoms with Crippen LogP contribution in [0.15, 0.2) is 18.5 Å². The first kappa shape index (κ1) is 18.2. The Hall–Kier alpha value is -2.61. The first-order valence-corrected chi connectivity index (χ1v) is 8.78. The van der Waals surface area contributed by atoms with Crippen LogP contribution in [0.25, 0.3) is 0 Å². The van der Waals surface area contributed by atoms with E-state index in [0.29, 0.717) is 18.3 Å². The number of hydrogen-bond donors (Lipinski definition) is 1. The van der Waals surface area contributed by atoms with Crippen LogP contribution in [0.3, 0.4) is 0 Å². The summed E-state index contributed by atoms with van der Waals surface area (Å²) in [6, 6.07) is 1.98. The molecule has 0 aliphatic carbocycles. The summed E-state index contributed by atoms with van der Waals surface area (Å²) in [5.74, 6) is 1.25. The van der Waals surface area contributed by atoms with Gasteiger partial charge in [-0.2, -0.15) is 0 Å². The summed E-state index contributed by atoms with van der Waals surface area (Å²) in [6.07, 6.45) is 5.31. The molecule has 1 fully saturated rings. The first-order chi connectivity index (χ1) is 12.4. The predicted octanol–water partition coefficient (Wildman–Crippen LogP) is 1.85. The zero-order valence-corrected chi connectivity index (χ0v) is 15.7. The van der Waals surface area contributed by atoms with E-state index in [1.54, 1.807) is 31.4 Å². The number of likely N-dealkylation sites (tertiary alicyclic amines) is 1. The topological polar surface area (TPSA) is 87.1 Å². The highest BCUT2D eigenvalue weighted by Gasteiger charge is 2.31. The number of aryl methyl sites for hydroxylation is 2. The van der Waals surface area contributed by atoms with Gasteiger partial charge >= 0.3 is 0 Å². The van der Waals surface area contributed by atoms with Crippen LogP contribution in [-0.4, -0.2) is 62.8 Å². The van der Waals surface area contributed by atoms with Crippen LogP contribution in [0.2, 0.25) is 0 Å². The Kier molecular flexibility index (Phi) is 5.41. The van der Waals surface area contributed by atoms with Crippen molar-refractivity contribution < 1.29 is 4.79 Å². The minimum atomic E-state index is 0.0565. The zero-order valence-electron chi connectivity index (χ0n) is 15.7. The molecule has 1 saturated heterocycles. The van der Waals surface area contributed by atoms with Crippen molar-refractivity contribution in [2.45, 2.75) is 32.7 Å². The van der Waals surface area contributed by atoms with Crippen LogP contribution < -0.4 is 5.32 Å². The molecule has 0 radical (unpaired) electrons. The number of carbonyl (C=O) groups is 1. The van der Waals surface area contributed by atoms with Gasteiger partial charge in [0.05, 0.1) is 12.6 Å². The van der Waals surface area contributed by atoms with E-state index in [4.69, 9.17) is 0 Å². The van der Waals surface area contributed by atoms with Gasteiger partial charge in [0.1, 0.15) is 5.69 Å². The van der Waals surface area contributed by atoms with Crippen molar-refractivity contribution in [2.24, 2.45) is 0 Å². The molecule has 0 unspecified atom stereocenters. The predicted molar refractivity (Wildman–Crippen MR) is 99.1 cm³/mol. The average molecular weight is 355 g/mol. The van der Waals surface area contributed by atoms with Gasteiger partial charge in [-0.3, -0.25) is 14.7 Å². The van der Waals surface area contributed by atoms with Gasteiger partial charge in [-0.05, 0) is 39.3 Å². The van der Waals surface area contributed by atoms with Crippen LogP contribution in [-0.2, 0) is 4.79 Å². The van der Waals surface area contributed by atoms with E-state index in [9.17, 15) is 4.79 Å². The van der Waals surface area contributed by atoms with Crippen LogP contribution in [0.5, 0.6) is 0 Å². The summed E-state index contributed by atoms with van der Waals surface area (Å²) in [6.45, 7) is 5.13. The molecule has 2 aromatic heterocycles. The summed E-state index contributed by atoms with van der Waals surface area (Å²) < 4.78 is 0. The number of nitrogens with zero attached hydrogens (tertiary/aromatic N) is 6. The van der Waals surface area contributed by atoms with Crippen LogP contribution in [0, 0.1) is 13.8 Å². The lowest BCUT2D eigenvalue weighted by Gasteiger charge is -2.25. The van der Waals surface area contributed by atoms with Gasteiger partial charge in [-0.15, -0.1) is 0 Å². The highest BCUT2D eigenvalue weighted by Crippen LogP contribution is 2.34. The molecule has 1 aliphatic rings. The Labute approximate surface area is 153 Å². The maximum atomic E-state index is 12.1. The SMILES string of the molecule is Cc1cc(C)nc(Nc2nccnc2[C@@H]2CCCN2CC(=O)N(C)C)n1. The molecule has 1 aliphatic heterocycles. The molecule has 138 valence electrons. The summed E-state index contributed by atoms with van der Waals surface area (Å²) in [5, 5.41) is 3.21. The molecular weight excluding hydrogens is 330 g/mol. The fourth-order valence-electron chi connectivity index (χ4n) is 3.22. The fraction of sp³-hybridized carbons (Fsp3) is 0.500. The number of anilines is 2. The lowest BCUT2D eigenvalue weighted by molar-refractivity contribution is -0.130. The van der Waals surface area contributed by atoms with Crippen LogP contribution in [0.1, 0.15) is 36.0 Å². The Morgan fingerprint density at radius 1 is 1.23 bits per heavy atom. The standard InChI is InChI=1S/C18H25N7O/c1-12-10-13(2)22-18(21-12)23-17-16(19-7-8-20-17)14-6-5-9-25(14)11-15(26)24(3)4/h7-8,10,14H,5-6,9,11H2,1-4H3,(H,20,21,22,23)/t14-/m0/s1. The molecule has 0 bridgehead atoms. The number of nitrogens with one attached hydrogen (secondary N) is 1. The highest BCUT2D eigenvalue weighted by molar-refractivity contribution is 5.77. The van der Waals surface area contributed by atoms with Gasteiger partial charge in [0.25, 0.3) is 0 Å². The van der Waals surface area contributed by atoms with Gasteiger partial charge < -0.3 is 10.2 Å². The van der Waals surface area contributed by atoms with Crippen molar-refractivity contribution in [1.29, 1.82) is 0 Å². The summed E-state index contributed by atoms with van der Waals surface area (Å²) in [7, 11) is 3.56. The number of hydrogen-bond acceptors (Lipinski definition) is 7. The maximum Gasteiger partial charge on any atom is 0.236 e. The summed E-state index contributed by atoms with van der Waals surface area (Å²) in [4.78, 5) is 33.8. The molecule has 1 N–H and O–H groups in total. The Bertz CT molecular complexity index is 773. The lowest BCUT2D eigenvalue weighted by Crippen LogP contribution is -2.36. The maximum absolute atomic E-state index is 12.1. The number of carbonyl (C=O) groups excluding carboxylic acids is 1. The van der Waals surface area contributed by atoms with Crippen LogP contribution in [0.4, 0.5) is 11.8 Å². The van der Waals surface area contributed by atoms with E-state index in [0.717, 1.165) is 36.5 Å². The van der Waals surface area contributed by atoms with E-state index in [2.05, 4.69) is 30.2 Å². The molecule has 3 heterocycles. The van der Waals surface area contributed by atoms with Gasteiger partial charge in [0.2, 0.25) is 11.9 Å². The minimum absolute atomic E-state index is 0.0565. The summed E-state index contributed by atoms with van der Waals surface area (Å²) in [5.41, 5.74) is 2.62. The molecule has 1 atom stereocenters. The van der Waals surface area contributed by atoms with Crippen LogP contribution >= 0.6 is 0 Å². The molecule has 0 aromatic carbocycles. The third-order valence-electron chi connectivity index (χ3n) is 4.46. The van der Waals surface area contributed by atoms with E-state index in [1.807, 2.05) is 19.9 Å². The minimum Gasteiger partial charge on any atom is -0.348 e. The van der Waals surface area contributed by atoms with E-state index in [-0.39, 0.29) is 11.9 Å². The molecule has 8 nitrogen and oxygen atoms in total. The molecule has 8 heteroatoms. The fourth-order valence-corrected chi connectivity index (χ4v) is 3.22. The van der Waals surface area contributed by atoms with Gasteiger partial charge in [0, 0.05) is 37.9 Å². The number of aromatic nitrogens is 4. The molecule has 0 saturated carbocycles. The molecule has 3 rings (SSSR count). The van der Waals surface area contributed by atoms with E-state index >= 15 is 0 Å². The number of amides is 1. The first-order valence-electron chi connectivity index (χ1n) is 8.78. The van der Waals surface area contributed by atoms with Crippen molar-refractivity contribution in [3.63, 3.8) is 0 Å². The molecule has 26 heavy (non-hydrogen) atoms. The Balaban J connectivity index is 1.85. The molecule has 1 amide bonds. The van der Waals surface area contributed by atoms with Gasteiger partial charge in [0.15, 0.2) is 5.82 Å². The quantitative estimate of drug-likeness (QED) is 0.876. The second kappa shape index (κ2) is 7.74. The van der Waals surface area contributed by atoms with Crippen molar-refractivity contribution in [3.8, 4) is 0 Å². The normalized spacial score (nSPS) is 17.3. The third-order valence-corrected chi connectivity index (χ3v) is 4.46. The smallest absolute Gasteiger partial charge is 0.236 e. The van der Waals surface area contributed by atoms with Crippen molar-refractivity contribution in [2.75, 3.05) is 32.5 Å². The summed E-state index contributed by atoms with van der Waals surface area (Å²) >= 11 is 0. The van der Waals surface area contributed by atoms with E-state index < -0.39 is 0 Å². The van der Waals surface area contributed by atoms with Gasteiger partial charge in [-0.1, -0.05) is 0 Å². The van der Waals surface area contributed by atoms with Crippen molar-refractivity contribution >= 4 is 17.7 Å². The molecule has 0 spiro atoms. The highest BCUT2D eigenvalue weighted by atomic mass is 16.2. The Morgan fingerprint density at radius 3 is 2.62 bits per heavy atom. The van der Waals surface area contributed by atoms with Crippen molar-refractivity contribution in [3.05, 3.63) is 35.5 Å². The van der Waals surface area contributed by atoms with Crippen molar-refractivity contribution in [1.82, 2.24) is 29.7 Å². The lowest BCUT2D eigenvalue weighted by atomic mass is 10.1. The number of likely N-dealkylation sites (N-methyl/N-ethyl adjacent to an activating group) is 1. The zero-order chi connectivity index (χ0) is 18.7. The second-order valence-electron chi connectivity index (χ2n) is 6.81. The van der Waals surface area contributed by atoms with E-state index in [1.165, 1.54) is 0 Å². The Morgan fingerprint density at radius 2 is 1.92 bits per heavy atom. The monoisotopic (exact) mass is 355 g/mol. The molecule has 2 aromatic rings. The largest absolute Gasteiger partial charge is 0.348 e.